The average molecular weight is 306 g/mol. The largest absolute Gasteiger partial charge is 0.399 e. The number of nitrogens with zero attached hydrogens (tertiary/aromatic N) is 1. The quantitative estimate of drug-likeness (QED) is 0.821. The van der Waals surface area contributed by atoms with Gasteiger partial charge in [-0.25, -0.2) is 0 Å². The van der Waals surface area contributed by atoms with Gasteiger partial charge in [0.05, 0.1) is 4.88 Å². The highest BCUT2D eigenvalue weighted by Gasteiger charge is 2.30. The lowest BCUT2D eigenvalue weighted by atomic mass is 10.1. The molecule has 1 aromatic heterocycles. The third-order valence-corrected chi connectivity index (χ3v) is 5.87. The first kappa shape index (κ1) is 13.8. The minimum Gasteiger partial charge on any atom is -0.399 e. The second kappa shape index (κ2) is 4.97. The number of thiophene rings is 1. The standard InChI is InChI=1S/C15H18N2OS2/c1-15(2)9-17(5-6-19-15)14(18)13-8-10-7-11(16)3-4-12(10)20-13/h3-4,7-8H,5-6,9,16H2,1-2H3. The number of hydrogen-bond donors (Lipinski definition) is 1. The van der Waals surface area contributed by atoms with E-state index in [-0.39, 0.29) is 10.7 Å². The molecule has 2 aromatic rings. The Hall–Kier alpha value is -1.20. The number of amides is 1. The molecule has 0 spiro atoms. The van der Waals surface area contributed by atoms with E-state index in [0.29, 0.717) is 0 Å². The van der Waals surface area contributed by atoms with Crippen LogP contribution in [-0.4, -0.2) is 34.4 Å². The lowest BCUT2D eigenvalue weighted by molar-refractivity contribution is 0.0753. The molecule has 3 nitrogen and oxygen atoms in total. The Kier molecular flexibility index (Phi) is 3.42. The Bertz CT molecular complexity index is 663. The molecule has 20 heavy (non-hydrogen) atoms. The summed E-state index contributed by atoms with van der Waals surface area (Å²) in [6, 6.07) is 7.77. The fraction of sp³-hybridized carbons (Fsp3) is 0.400. The molecule has 5 heteroatoms. The SMILES string of the molecule is CC1(C)CN(C(=O)c2cc3cc(N)ccc3s2)CCS1. The summed E-state index contributed by atoms with van der Waals surface area (Å²) >= 11 is 3.49. The second-order valence-corrected chi connectivity index (χ2v) is 8.63. The third-order valence-electron chi connectivity index (χ3n) is 3.46. The summed E-state index contributed by atoms with van der Waals surface area (Å²) in [5, 5.41) is 1.06. The van der Waals surface area contributed by atoms with Crippen LogP contribution >= 0.6 is 23.1 Å². The average Bonchev–Trinajstić information content (AvgIpc) is 2.79. The van der Waals surface area contributed by atoms with Gasteiger partial charge in [-0.15, -0.1) is 11.3 Å². The van der Waals surface area contributed by atoms with Crippen LogP contribution in [0.1, 0.15) is 23.5 Å². The van der Waals surface area contributed by atoms with Crippen molar-refractivity contribution < 1.29 is 4.79 Å². The lowest BCUT2D eigenvalue weighted by Crippen LogP contribution is -2.45. The van der Waals surface area contributed by atoms with Gasteiger partial charge in [0.25, 0.3) is 5.91 Å². The zero-order valence-corrected chi connectivity index (χ0v) is 13.3. The molecule has 2 N–H and O–H groups in total. The summed E-state index contributed by atoms with van der Waals surface area (Å²) in [6.45, 7) is 6.04. The Balaban J connectivity index is 1.88. The van der Waals surface area contributed by atoms with Gasteiger partial charge >= 0.3 is 0 Å². The van der Waals surface area contributed by atoms with E-state index >= 15 is 0 Å². The Labute approximate surface area is 127 Å². The lowest BCUT2D eigenvalue weighted by Gasteiger charge is -2.37. The summed E-state index contributed by atoms with van der Waals surface area (Å²) < 4.78 is 1.27. The molecule has 0 saturated carbocycles. The van der Waals surface area contributed by atoms with Crippen LogP contribution in [0.15, 0.2) is 24.3 Å². The van der Waals surface area contributed by atoms with Gasteiger partial charge in [-0.1, -0.05) is 0 Å². The number of nitrogen functional groups attached to an aromatic ring is 1. The third kappa shape index (κ3) is 2.65. The van der Waals surface area contributed by atoms with E-state index in [0.717, 1.165) is 39.5 Å². The van der Waals surface area contributed by atoms with Gasteiger partial charge in [0.2, 0.25) is 0 Å². The molecular weight excluding hydrogens is 288 g/mol. The fourth-order valence-corrected chi connectivity index (χ4v) is 4.64. The summed E-state index contributed by atoms with van der Waals surface area (Å²) in [6.07, 6.45) is 0. The van der Waals surface area contributed by atoms with Crippen molar-refractivity contribution >= 4 is 44.8 Å². The first-order valence-electron chi connectivity index (χ1n) is 6.67. The predicted molar refractivity (Wildman–Crippen MR) is 88.7 cm³/mol. The van der Waals surface area contributed by atoms with E-state index in [9.17, 15) is 4.79 Å². The second-order valence-electron chi connectivity index (χ2n) is 5.74. The molecule has 1 saturated heterocycles. The Morgan fingerprint density at radius 3 is 2.90 bits per heavy atom. The van der Waals surface area contributed by atoms with Crippen molar-refractivity contribution in [2.75, 3.05) is 24.6 Å². The van der Waals surface area contributed by atoms with Crippen LogP contribution in [0.2, 0.25) is 0 Å². The number of carbonyl (C=O) groups is 1. The van der Waals surface area contributed by atoms with Gasteiger partial charge in [0.1, 0.15) is 0 Å². The first-order valence-corrected chi connectivity index (χ1v) is 8.47. The van der Waals surface area contributed by atoms with E-state index in [2.05, 4.69) is 13.8 Å². The molecule has 0 unspecified atom stereocenters. The molecule has 1 aromatic carbocycles. The topological polar surface area (TPSA) is 46.3 Å². The normalized spacial score (nSPS) is 18.4. The molecule has 3 rings (SSSR count). The van der Waals surface area contributed by atoms with Crippen LogP contribution in [0.5, 0.6) is 0 Å². The maximum Gasteiger partial charge on any atom is 0.264 e. The van der Waals surface area contributed by atoms with Crippen LogP contribution in [-0.2, 0) is 0 Å². The number of benzene rings is 1. The summed E-state index contributed by atoms with van der Waals surface area (Å²) in [5.74, 6) is 1.16. The van der Waals surface area contributed by atoms with Gasteiger partial charge < -0.3 is 10.6 Å². The molecule has 0 bridgehead atoms. The fourth-order valence-electron chi connectivity index (χ4n) is 2.51. The molecule has 0 atom stereocenters. The maximum absolute atomic E-state index is 12.6. The molecule has 0 aliphatic carbocycles. The number of nitrogens with two attached hydrogens (primary N) is 1. The van der Waals surface area contributed by atoms with Crippen LogP contribution in [0.3, 0.4) is 0 Å². The maximum atomic E-state index is 12.6. The van der Waals surface area contributed by atoms with Crippen LogP contribution in [0.4, 0.5) is 5.69 Å². The monoisotopic (exact) mass is 306 g/mol. The van der Waals surface area contributed by atoms with Crippen molar-refractivity contribution in [3.8, 4) is 0 Å². The number of thioether (sulfide) groups is 1. The highest BCUT2D eigenvalue weighted by atomic mass is 32.2. The van der Waals surface area contributed by atoms with E-state index in [1.165, 1.54) is 0 Å². The highest BCUT2D eigenvalue weighted by molar-refractivity contribution is 8.00. The van der Waals surface area contributed by atoms with Gasteiger partial charge in [0, 0.05) is 34.0 Å². The van der Waals surface area contributed by atoms with Gasteiger partial charge in [-0.3, -0.25) is 4.79 Å². The number of carbonyl (C=O) groups excluding carboxylic acids is 1. The van der Waals surface area contributed by atoms with Crippen molar-refractivity contribution in [3.63, 3.8) is 0 Å². The molecule has 1 aliphatic heterocycles. The van der Waals surface area contributed by atoms with Crippen molar-refractivity contribution in [2.45, 2.75) is 18.6 Å². The van der Waals surface area contributed by atoms with Gasteiger partial charge in [0.15, 0.2) is 0 Å². The van der Waals surface area contributed by atoms with E-state index < -0.39 is 0 Å². The molecule has 1 amide bonds. The summed E-state index contributed by atoms with van der Waals surface area (Å²) in [4.78, 5) is 15.4. The van der Waals surface area contributed by atoms with Crippen molar-refractivity contribution in [3.05, 3.63) is 29.1 Å². The van der Waals surface area contributed by atoms with Gasteiger partial charge in [-0.2, -0.15) is 11.8 Å². The van der Waals surface area contributed by atoms with E-state index in [1.54, 1.807) is 11.3 Å². The minimum atomic E-state index is 0.148. The highest BCUT2D eigenvalue weighted by Crippen LogP contribution is 2.32. The summed E-state index contributed by atoms with van der Waals surface area (Å²) in [5.41, 5.74) is 6.53. The van der Waals surface area contributed by atoms with Crippen molar-refractivity contribution in [2.24, 2.45) is 0 Å². The van der Waals surface area contributed by atoms with Gasteiger partial charge in [-0.05, 0) is 43.5 Å². The number of hydrogen-bond acceptors (Lipinski definition) is 4. The number of anilines is 1. The zero-order chi connectivity index (χ0) is 14.3. The molecule has 2 heterocycles. The molecule has 1 fully saturated rings. The number of rotatable bonds is 1. The van der Waals surface area contributed by atoms with Crippen LogP contribution < -0.4 is 5.73 Å². The summed E-state index contributed by atoms with van der Waals surface area (Å²) in [7, 11) is 0. The van der Waals surface area contributed by atoms with E-state index in [4.69, 9.17) is 5.73 Å². The Morgan fingerprint density at radius 1 is 1.35 bits per heavy atom. The zero-order valence-electron chi connectivity index (χ0n) is 11.7. The molecular formula is C15H18N2OS2. The molecule has 106 valence electrons. The van der Waals surface area contributed by atoms with Crippen LogP contribution in [0, 0.1) is 0 Å². The smallest absolute Gasteiger partial charge is 0.264 e. The van der Waals surface area contributed by atoms with Crippen LogP contribution in [0.25, 0.3) is 10.1 Å². The van der Waals surface area contributed by atoms with Crippen molar-refractivity contribution in [1.82, 2.24) is 4.90 Å². The first-order chi connectivity index (χ1) is 9.44. The number of fused-ring (bicyclic) bond motifs is 1. The predicted octanol–water partition coefficient (Wildman–Crippen LogP) is 3.45. The van der Waals surface area contributed by atoms with Crippen molar-refractivity contribution in [1.29, 1.82) is 0 Å². The minimum absolute atomic E-state index is 0.148. The molecule has 1 aliphatic rings. The molecule has 0 radical (unpaired) electrons. The van der Waals surface area contributed by atoms with E-state index in [1.807, 2.05) is 40.9 Å². The Morgan fingerprint density at radius 2 is 2.15 bits per heavy atom.